The lowest BCUT2D eigenvalue weighted by Gasteiger charge is -2.06. The number of hydrogen-bond donors (Lipinski definition) is 2. The van der Waals surface area contributed by atoms with Gasteiger partial charge in [0, 0.05) is 15.4 Å². The summed E-state index contributed by atoms with van der Waals surface area (Å²) in [6.07, 6.45) is 0. The van der Waals surface area contributed by atoms with Gasteiger partial charge in [-0.1, -0.05) is 29.1 Å². The van der Waals surface area contributed by atoms with Crippen molar-refractivity contribution >= 4 is 17.6 Å². The Labute approximate surface area is 112 Å². The fourth-order valence-electron chi connectivity index (χ4n) is 1.45. The number of amidine groups is 1. The van der Waals surface area contributed by atoms with Crippen LogP contribution in [0.25, 0.3) is 0 Å². The van der Waals surface area contributed by atoms with Crippen LogP contribution in [0.15, 0.2) is 57.4 Å². The van der Waals surface area contributed by atoms with Crippen LogP contribution in [0.2, 0.25) is 0 Å². The Morgan fingerprint density at radius 2 is 1.74 bits per heavy atom. The monoisotopic (exact) mass is 280 g/mol. The van der Waals surface area contributed by atoms with E-state index >= 15 is 0 Å². The zero-order valence-corrected chi connectivity index (χ0v) is 10.5. The van der Waals surface area contributed by atoms with Gasteiger partial charge in [-0.2, -0.15) is 0 Å². The van der Waals surface area contributed by atoms with Gasteiger partial charge in [0.05, 0.1) is 0 Å². The first-order chi connectivity index (χ1) is 9.11. The molecule has 0 aliphatic heterocycles. The second-order valence-electron chi connectivity index (χ2n) is 3.66. The van der Waals surface area contributed by atoms with E-state index in [0.717, 1.165) is 17.8 Å². The lowest BCUT2D eigenvalue weighted by Crippen LogP contribution is -2.13. The van der Waals surface area contributed by atoms with Crippen LogP contribution in [0.5, 0.6) is 0 Å². The smallest absolute Gasteiger partial charge is 0.170 e. The Bertz CT molecular complexity index is 632. The van der Waals surface area contributed by atoms with Crippen LogP contribution in [0.3, 0.4) is 0 Å². The summed E-state index contributed by atoms with van der Waals surface area (Å²) in [4.78, 5) is 0.595. The molecule has 2 aromatic rings. The molecule has 0 aliphatic carbocycles. The number of oxime groups is 1. The van der Waals surface area contributed by atoms with Crippen LogP contribution in [-0.2, 0) is 0 Å². The van der Waals surface area contributed by atoms with E-state index in [-0.39, 0.29) is 16.3 Å². The van der Waals surface area contributed by atoms with Crippen molar-refractivity contribution in [3.63, 3.8) is 0 Å². The average Bonchev–Trinajstić information content (AvgIpc) is 2.42. The van der Waals surface area contributed by atoms with Crippen molar-refractivity contribution in [1.29, 1.82) is 0 Å². The number of nitrogens with two attached hydrogens (primary N) is 1. The van der Waals surface area contributed by atoms with Crippen molar-refractivity contribution in [1.82, 2.24) is 0 Å². The van der Waals surface area contributed by atoms with Crippen molar-refractivity contribution in [2.75, 3.05) is 0 Å². The second kappa shape index (κ2) is 5.71. The summed E-state index contributed by atoms with van der Waals surface area (Å²) in [5, 5.41) is 11.3. The van der Waals surface area contributed by atoms with Crippen molar-refractivity contribution < 1.29 is 14.0 Å². The fraction of sp³-hybridized carbons (Fsp3) is 0. The lowest BCUT2D eigenvalue weighted by atomic mass is 10.2. The SMILES string of the molecule is N/C(=N\O)c1ccc(Sc2ccccc2F)c(F)c1. The maximum Gasteiger partial charge on any atom is 0.170 e. The normalized spacial score (nSPS) is 11.6. The van der Waals surface area contributed by atoms with Gasteiger partial charge in [0.15, 0.2) is 5.84 Å². The maximum absolute atomic E-state index is 13.8. The Morgan fingerprint density at radius 1 is 1.05 bits per heavy atom. The number of halogens is 2. The van der Waals surface area contributed by atoms with E-state index in [1.165, 1.54) is 18.2 Å². The van der Waals surface area contributed by atoms with E-state index in [1.807, 2.05) is 0 Å². The van der Waals surface area contributed by atoms with Crippen molar-refractivity contribution in [2.24, 2.45) is 10.9 Å². The molecule has 98 valence electrons. The predicted molar refractivity (Wildman–Crippen MR) is 69.4 cm³/mol. The number of benzene rings is 2. The number of hydrogen-bond acceptors (Lipinski definition) is 3. The van der Waals surface area contributed by atoms with Gasteiger partial charge in [-0.15, -0.1) is 0 Å². The molecule has 0 bridgehead atoms. The zero-order valence-electron chi connectivity index (χ0n) is 9.68. The van der Waals surface area contributed by atoms with E-state index in [0.29, 0.717) is 4.90 Å². The van der Waals surface area contributed by atoms with Crippen LogP contribution in [-0.4, -0.2) is 11.0 Å². The summed E-state index contributed by atoms with van der Waals surface area (Å²) in [5.74, 6) is -1.15. The summed E-state index contributed by atoms with van der Waals surface area (Å²) in [7, 11) is 0. The first-order valence-corrected chi connectivity index (χ1v) is 6.13. The predicted octanol–water partition coefficient (Wildman–Crippen LogP) is 3.21. The van der Waals surface area contributed by atoms with Gasteiger partial charge in [-0.3, -0.25) is 0 Å². The van der Waals surface area contributed by atoms with Crippen molar-refractivity contribution in [3.8, 4) is 0 Å². The first-order valence-electron chi connectivity index (χ1n) is 5.31. The summed E-state index contributed by atoms with van der Waals surface area (Å²) < 4.78 is 27.3. The molecule has 0 unspecified atom stereocenters. The lowest BCUT2D eigenvalue weighted by molar-refractivity contribution is 0.318. The third-order valence-electron chi connectivity index (χ3n) is 2.39. The molecule has 3 nitrogen and oxygen atoms in total. The highest BCUT2D eigenvalue weighted by Crippen LogP contribution is 2.31. The van der Waals surface area contributed by atoms with Crippen LogP contribution in [0.1, 0.15) is 5.56 Å². The molecule has 2 aromatic carbocycles. The van der Waals surface area contributed by atoms with Gasteiger partial charge >= 0.3 is 0 Å². The third kappa shape index (κ3) is 3.03. The second-order valence-corrected chi connectivity index (χ2v) is 4.75. The molecular formula is C13H10F2N2OS. The van der Waals surface area contributed by atoms with E-state index in [1.54, 1.807) is 18.2 Å². The quantitative estimate of drug-likeness (QED) is 0.393. The molecule has 0 amide bonds. The summed E-state index contributed by atoms with van der Waals surface area (Å²) in [5.41, 5.74) is 5.62. The highest BCUT2D eigenvalue weighted by Gasteiger charge is 2.10. The minimum Gasteiger partial charge on any atom is -0.409 e. The summed E-state index contributed by atoms with van der Waals surface area (Å²) >= 11 is 0.976. The molecular weight excluding hydrogens is 270 g/mol. The summed E-state index contributed by atoms with van der Waals surface area (Å²) in [6, 6.07) is 10.2. The molecule has 6 heteroatoms. The molecule has 0 atom stereocenters. The molecule has 0 heterocycles. The number of rotatable bonds is 3. The topological polar surface area (TPSA) is 58.6 Å². The maximum atomic E-state index is 13.8. The average molecular weight is 280 g/mol. The molecule has 19 heavy (non-hydrogen) atoms. The molecule has 0 aliphatic rings. The van der Waals surface area contributed by atoms with Gasteiger partial charge in [-0.05, 0) is 30.3 Å². The number of nitrogens with zero attached hydrogens (tertiary/aromatic N) is 1. The minimum absolute atomic E-state index is 0.179. The van der Waals surface area contributed by atoms with E-state index in [4.69, 9.17) is 10.9 Å². The largest absolute Gasteiger partial charge is 0.409 e. The standard InChI is InChI=1S/C13H10F2N2OS/c14-9-3-1-2-4-11(9)19-12-6-5-8(7-10(12)15)13(16)17-18/h1-7,18H,(H2,16,17). The third-order valence-corrected chi connectivity index (χ3v) is 3.49. The van der Waals surface area contributed by atoms with E-state index < -0.39 is 11.6 Å². The molecule has 0 saturated carbocycles. The van der Waals surface area contributed by atoms with Crippen LogP contribution in [0.4, 0.5) is 8.78 Å². The Balaban J connectivity index is 2.30. The van der Waals surface area contributed by atoms with Gasteiger partial charge in [0.25, 0.3) is 0 Å². The van der Waals surface area contributed by atoms with Crippen molar-refractivity contribution in [2.45, 2.75) is 9.79 Å². The fourth-order valence-corrected chi connectivity index (χ4v) is 2.29. The molecule has 2 rings (SSSR count). The van der Waals surface area contributed by atoms with Crippen LogP contribution in [0, 0.1) is 11.6 Å². The van der Waals surface area contributed by atoms with Gasteiger partial charge in [0.1, 0.15) is 11.6 Å². The Kier molecular flexibility index (Phi) is 4.01. The van der Waals surface area contributed by atoms with Crippen LogP contribution < -0.4 is 5.73 Å². The van der Waals surface area contributed by atoms with Crippen LogP contribution >= 0.6 is 11.8 Å². The Morgan fingerprint density at radius 3 is 2.37 bits per heavy atom. The summed E-state index contributed by atoms with van der Waals surface area (Å²) in [6.45, 7) is 0. The minimum atomic E-state index is -0.558. The molecule has 0 spiro atoms. The molecule has 3 N–H and O–H groups in total. The highest BCUT2D eigenvalue weighted by atomic mass is 32.2. The van der Waals surface area contributed by atoms with Crippen molar-refractivity contribution in [3.05, 3.63) is 59.7 Å². The zero-order chi connectivity index (χ0) is 13.8. The van der Waals surface area contributed by atoms with Gasteiger partial charge in [0.2, 0.25) is 0 Å². The molecule has 0 fully saturated rings. The first kappa shape index (κ1) is 13.4. The molecule has 0 saturated heterocycles. The molecule has 0 radical (unpaired) electrons. The van der Waals surface area contributed by atoms with E-state index in [9.17, 15) is 8.78 Å². The highest BCUT2D eigenvalue weighted by molar-refractivity contribution is 7.99. The Hall–Kier alpha value is -2.08. The van der Waals surface area contributed by atoms with E-state index in [2.05, 4.69) is 5.16 Å². The van der Waals surface area contributed by atoms with Gasteiger partial charge in [-0.25, -0.2) is 8.78 Å². The molecule has 0 aromatic heterocycles. The van der Waals surface area contributed by atoms with Gasteiger partial charge < -0.3 is 10.9 Å².